The molecule has 1 fully saturated rings. The molecule has 1 aliphatic rings. The molecule has 0 bridgehead atoms. The van der Waals surface area contributed by atoms with E-state index in [9.17, 15) is 4.79 Å². The lowest BCUT2D eigenvalue weighted by Crippen LogP contribution is -2.51. The first-order chi connectivity index (χ1) is 8.63. The van der Waals surface area contributed by atoms with Gasteiger partial charge < -0.3 is 10.6 Å². The van der Waals surface area contributed by atoms with Crippen LogP contribution in [0.3, 0.4) is 0 Å². The molecule has 0 radical (unpaired) electrons. The SMILES string of the molecule is CSc1ccc(N(C)C(=O)C2(CN)CCC2)cc1. The number of hydrogen-bond donors (Lipinski definition) is 1. The Morgan fingerprint density at radius 2 is 2.00 bits per heavy atom. The summed E-state index contributed by atoms with van der Waals surface area (Å²) in [6.45, 7) is 0.457. The summed E-state index contributed by atoms with van der Waals surface area (Å²) >= 11 is 1.70. The van der Waals surface area contributed by atoms with Gasteiger partial charge in [0.05, 0.1) is 5.41 Å². The molecular formula is C14H20N2OS. The fourth-order valence-corrected chi connectivity index (χ4v) is 2.80. The number of nitrogens with two attached hydrogens (primary N) is 1. The monoisotopic (exact) mass is 264 g/mol. The van der Waals surface area contributed by atoms with Gasteiger partial charge in [0.25, 0.3) is 0 Å². The van der Waals surface area contributed by atoms with Gasteiger partial charge in [-0.1, -0.05) is 6.42 Å². The molecule has 0 unspecified atom stereocenters. The van der Waals surface area contributed by atoms with Gasteiger partial charge in [-0.15, -0.1) is 11.8 Å². The van der Waals surface area contributed by atoms with Crippen molar-refractivity contribution in [3.8, 4) is 0 Å². The Bertz CT molecular complexity index is 420. The summed E-state index contributed by atoms with van der Waals surface area (Å²) in [5.41, 5.74) is 6.42. The van der Waals surface area contributed by atoms with Crippen LogP contribution in [-0.4, -0.2) is 25.8 Å². The zero-order chi connectivity index (χ0) is 13.2. The van der Waals surface area contributed by atoms with Crippen molar-refractivity contribution in [2.75, 3.05) is 24.7 Å². The quantitative estimate of drug-likeness (QED) is 0.850. The second-order valence-corrected chi connectivity index (χ2v) is 5.78. The van der Waals surface area contributed by atoms with E-state index in [2.05, 4.69) is 0 Å². The lowest BCUT2D eigenvalue weighted by atomic mass is 9.68. The predicted molar refractivity (Wildman–Crippen MR) is 77.0 cm³/mol. The van der Waals surface area contributed by atoms with Crippen LogP contribution >= 0.6 is 11.8 Å². The van der Waals surface area contributed by atoms with E-state index in [-0.39, 0.29) is 11.3 Å². The summed E-state index contributed by atoms with van der Waals surface area (Å²) in [7, 11) is 1.84. The van der Waals surface area contributed by atoms with E-state index < -0.39 is 0 Å². The Morgan fingerprint density at radius 1 is 1.39 bits per heavy atom. The largest absolute Gasteiger partial charge is 0.329 e. The Labute approximate surface area is 113 Å². The molecule has 0 saturated heterocycles. The van der Waals surface area contributed by atoms with Crippen LogP contribution in [0.25, 0.3) is 0 Å². The Hall–Kier alpha value is -1.00. The van der Waals surface area contributed by atoms with Gasteiger partial charge in [-0.2, -0.15) is 0 Å². The number of anilines is 1. The van der Waals surface area contributed by atoms with Gasteiger partial charge in [-0.25, -0.2) is 0 Å². The molecule has 1 aliphatic carbocycles. The minimum absolute atomic E-state index is 0.160. The maximum absolute atomic E-state index is 12.5. The topological polar surface area (TPSA) is 46.3 Å². The minimum Gasteiger partial charge on any atom is -0.329 e. The number of carbonyl (C=O) groups excluding carboxylic acids is 1. The molecule has 2 rings (SSSR count). The van der Waals surface area contributed by atoms with Crippen molar-refractivity contribution in [3.05, 3.63) is 24.3 Å². The van der Waals surface area contributed by atoms with Crippen LogP contribution in [0.15, 0.2) is 29.2 Å². The van der Waals surface area contributed by atoms with E-state index in [1.54, 1.807) is 16.7 Å². The number of thioether (sulfide) groups is 1. The summed E-state index contributed by atoms with van der Waals surface area (Å²) in [6.07, 6.45) is 5.01. The molecule has 0 aromatic heterocycles. The lowest BCUT2D eigenvalue weighted by molar-refractivity contribution is -0.131. The lowest BCUT2D eigenvalue weighted by Gasteiger charge is -2.41. The van der Waals surface area contributed by atoms with Crippen molar-refractivity contribution in [2.24, 2.45) is 11.1 Å². The van der Waals surface area contributed by atoms with Crippen molar-refractivity contribution in [1.29, 1.82) is 0 Å². The molecule has 18 heavy (non-hydrogen) atoms. The van der Waals surface area contributed by atoms with Crippen molar-refractivity contribution in [1.82, 2.24) is 0 Å². The van der Waals surface area contributed by atoms with Crippen LogP contribution in [-0.2, 0) is 4.79 Å². The first kappa shape index (κ1) is 13.4. The van der Waals surface area contributed by atoms with Gasteiger partial charge in [0.15, 0.2) is 0 Å². The summed E-state index contributed by atoms with van der Waals surface area (Å²) in [5.74, 6) is 0.160. The van der Waals surface area contributed by atoms with Gasteiger partial charge in [0.2, 0.25) is 5.91 Å². The molecule has 0 aliphatic heterocycles. The average Bonchev–Trinajstić information content (AvgIpc) is 2.37. The summed E-state index contributed by atoms with van der Waals surface area (Å²) in [4.78, 5) is 15.4. The number of hydrogen-bond acceptors (Lipinski definition) is 3. The van der Waals surface area contributed by atoms with Gasteiger partial charge in [-0.05, 0) is 43.4 Å². The van der Waals surface area contributed by atoms with Crippen LogP contribution in [0.1, 0.15) is 19.3 Å². The van der Waals surface area contributed by atoms with E-state index in [0.29, 0.717) is 6.54 Å². The summed E-state index contributed by atoms with van der Waals surface area (Å²) in [6, 6.07) is 8.07. The number of nitrogens with zero attached hydrogens (tertiary/aromatic N) is 1. The molecule has 2 N–H and O–H groups in total. The fourth-order valence-electron chi connectivity index (χ4n) is 2.39. The van der Waals surface area contributed by atoms with E-state index in [4.69, 9.17) is 5.73 Å². The Morgan fingerprint density at radius 3 is 2.39 bits per heavy atom. The number of carbonyl (C=O) groups is 1. The fraction of sp³-hybridized carbons (Fsp3) is 0.500. The van der Waals surface area contributed by atoms with E-state index in [0.717, 1.165) is 24.9 Å². The molecule has 0 atom stereocenters. The highest BCUT2D eigenvalue weighted by atomic mass is 32.2. The minimum atomic E-state index is -0.299. The number of rotatable bonds is 4. The number of amides is 1. The highest BCUT2D eigenvalue weighted by molar-refractivity contribution is 7.98. The first-order valence-electron chi connectivity index (χ1n) is 6.25. The molecule has 3 nitrogen and oxygen atoms in total. The van der Waals surface area contributed by atoms with E-state index in [1.165, 1.54) is 4.90 Å². The second kappa shape index (κ2) is 5.33. The van der Waals surface area contributed by atoms with Crippen LogP contribution in [0, 0.1) is 5.41 Å². The van der Waals surface area contributed by atoms with Crippen molar-refractivity contribution in [2.45, 2.75) is 24.2 Å². The van der Waals surface area contributed by atoms with Crippen LogP contribution in [0.4, 0.5) is 5.69 Å². The van der Waals surface area contributed by atoms with Crippen molar-refractivity contribution >= 4 is 23.4 Å². The van der Waals surface area contributed by atoms with Gasteiger partial charge in [0, 0.05) is 24.2 Å². The Kier molecular flexibility index (Phi) is 3.97. The molecule has 4 heteroatoms. The first-order valence-corrected chi connectivity index (χ1v) is 7.48. The van der Waals surface area contributed by atoms with E-state index >= 15 is 0 Å². The molecule has 1 saturated carbocycles. The zero-order valence-electron chi connectivity index (χ0n) is 11.0. The number of benzene rings is 1. The van der Waals surface area contributed by atoms with Crippen molar-refractivity contribution < 1.29 is 4.79 Å². The summed E-state index contributed by atoms with van der Waals surface area (Å²) < 4.78 is 0. The maximum atomic E-state index is 12.5. The highest BCUT2D eigenvalue weighted by Gasteiger charge is 2.44. The van der Waals surface area contributed by atoms with Gasteiger partial charge in [0.1, 0.15) is 0 Å². The third-order valence-corrected chi connectivity index (χ3v) is 4.66. The van der Waals surface area contributed by atoms with Crippen LogP contribution < -0.4 is 10.6 Å². The molecule has 1 aromatic carbocycles. The smallest absolute Gasteiger partial charge is 0.234 e. The summed E-state index contributed by atoms with van der Waals surface area (Å²) in [5, 5.41) is 0. The van der Waals surface area contributed by atoms with Gasteiger partial charge in [-0.3, -0.25) is 4.79 Å². The van der Waals surface area contributed by atoms with Gasteiger partial charge >= 0.3 is 0 Å². The normalized spacial score (nSPS) is 17.1. The molecule has 0 heterocycles. The van der Waals surface area contributed by atoms with Crippen molar-refractivity contribution in [3.63, 3.8) is 0 Å². The third kappa shape index (κ3) is 2.27. The molecule has 1 amide bonds. The van der Waals surface area contributed by atoms with Crippen LogP contribution in [0.5, 0.6) is 0 Å². The molecule has 1 aromatic rings. The molecule has 0 spiro atoms. The molecule has 98 valence electrons. The average molecular weight is 264 g/mol. The highest BCUT2D eigenvalue weighted by Crippen LogP contribution is 2.42. The standard InChI is InChI=1S/C14H20N2OS/c1-16(11-4-6-12(18-2)7-5-11)13(17)14(10-15)8-3-9-14/h4-7H,3,8-10,15H2,1-2H3. The van der Waals surface area contributed by atoms with Crippen LogP contribution in [0.2, 0.25) is 0 Å². The van der Waals surface area contributed by atoms with E-state index in [1.807, 2.05) is 37.6 Å². The predicted octanol–water partition coefficient (Wildman–Crippen LogP) is 2.50. The Balaban J connectivity index is 2.14. The zero-order valence-corrected chi connectivity index (χ0v) is 11.8. The second-order valence-electron chi connectivity index (χ2n) is 4.90. The third-order valence-electron chi connectivity index (χ3n) is 3.92. The maximum Gasteiger partial charge on any atom is 0.234 e. The molecular weight excluding hydrogens is 244 g/mol.